The number of hydrogen-bond acceptors (Lipinski definition) is 4. The van der Waals surface area contributed by atoms with Gasteiger partial charge in [-0.3, -0.25) is 9.78 Å². The van der Waals surface area contributed by atoms with E-state index in [9.17, 15) is 9.59 Å². The van der Waals surface area contributed by atoms with Crippen molar-refractivity contribution in [1.82, 2.24) is 4.98 Å². The highest BCUT2D eigenvalue weighted by atomic mass is 35.5. The maximum absolute atomic E-state index is 11.8. The van der Waals surface area contributed by atoms with E-state index in [1.165, 1.54) is 30.2 Å². The van der Waals surface area contributed by atoms with E-state index in [0.29, 0.717) is 5.02 Å². The van der Waals surface area contributed by atoms with Gasteiger partial charge in [-0.05, 0) is 30.3 Å². The molecule has 0 atom stereocenters. The number of nitrogens with zero attached hydrogens (tertiary/aromatic N) is 1. The summed E-state index contributed by atoms with van der Waals surface area (Å²) in [6.45, 7) is 0. The average molecular weight is 323 g/mol. The van der Waals surface area contributed by atoms with Crippen molar-refractivity contribution in [2.24, 2.45) is 0 Å². The van der Waals surface area contributed by atoms with Crippen molar-refractivity contribution >= 4 is 40.9 Å². The largest absolute Gasteiger partial charge is 0.478 e. The van der Waals surface area contributed by atoms with E-state index in [1.54, 1.807) is 12.1 Å². The lowest BCUT2D eigenvalue weighted by Crippen LogP contribution is -2.16. The summed E-state index contributed by atoms with van der Waals surface area (Å²) in [5, 5.41) is 12.2. The van der Waals surface area contributed by atoms with Crippen LogP contribution in [0.3, 0.4) is 0 Å². The van der Waals surface area contributed by atoms with Crippen molar-refractivity contribution < 1.29 is 14.7 Å². The Morgan fingerprint density at radius 2 is 1.95 bits per heavy atom. The van der Waals surface area contributed by atoms with Crippen molar-refractivity contribution in [3.05, 3.63) is 53.3 Å². The molecule has 0 spiro atoms. The van der Waals surface area contributed by atoms with E-state index < -0.39 is 5.97 Å². The van der Waals surface area contributed by atoms with Crippen LogP contribution in [0.1, 0.15) is 10.4 Å². The second-order valence-corrected chi connectivity index (χ2v) is 5.50. The van der Waals surface area contributed by atoms with E-state index in [2.05, 4.69) is 10.3 Å². The third-order valence-corrected chi connectivity index (χ3v) is 3.77. The van der Waals surface area contributed by atoms with Crippen LogP contribution in [0.2, 0.25) is 5.02 Å². The van der Waals surface area contributed by atoms with Crippen molar-refractivity contribution in [3.8, 4) is 0 Å². The Bertz CT molecular complexity index is 662. The topological polar surface area (TPSA) is 79.3 Å². The molecule has 7 heteroatoms. The van der Waals surface area contributed by atoms with Gasteiger partial charge in [-0.25, -0.2) is 4.79 Å². The van der Waals surface area contributed by atoms with Gasteiger partial charge in [0.05, 0.1) is 23.2 Å². The molecular formula is C14H11ClN2O3S. The number of benzene rings is 1. The van der Waals surface area contributed by atoms with Gasteiger partial charge in [0.2, 0.25) is 5.91 Å². The highest BCUT2D eigenvalue weighted by Gasteiger charge is 2.12. The minimum atomic E-state index is -1.11. The van der Waals surface area contributed by atoms with Gasteiger partial charge >= 0.3 is 5.97 Å². The van der Waals surface area contributed by atoms with Crippen LogP contribution in [0.15, 0.2) is 47.6 Å². The number of rotatable bonds is 5. The predicted molar refractivity (Wildman–Crippen MR) is 82.0 cm³/mol. The van der Waals surface area contributed by atoms with Crippen LogP contribution in [0.25, 0.3) is 0 Å². The average Bonchev–Trinajstić information content (AvgIpc) is 2.47. The molecule has 1 heterocycles. The minimum absolute atomic E-state index is 0.00911. The molecule has 1 amide bonds. The molecule has 108 valence electrons. The van der Waals surface area contributed by atoms with Crippen LogP contribution in [0.5, 0.6) is 0 Å². The first kappa shape index (κ1) is 15.3. The fraction of sp³-hybridized carbons (Fsp3) is 0.0714. The number of anilines is 1. The number of aromatic nitrogens is 1. The summed E-state index contributed by atoms with van der Waals surface area (Å²) < 4.78 is 0. The van der Waals surface area contributed by atoms with Gasteiger partial charge in [0, 0.05) is 16.1 Å². The van der Waals surface area contributed by atoms with Crippen molar-refractivity contribution in [2.75, 3.05) is 11.1 Å². The summed E-state index contributed by atoms with van der Waals surface area (Å²) in [5.41, 5.74) is 0.196. The molecule has 1 aromatic carbocycles. The standard InChI is InChI=1S/C14H11ClN2O3S/c15-9-1-3-10(4-2-9)21-8-13(18)17-12-7-16-6-5-11(12)14(19)20/h1-7H,8H2,(H,17,18)(H,19,20). The monoisotopic (exact) mass is 322 g/mol. The first-order valence-electron chi connectivity index (χ1n) is 5.92. The SMILES string of the molecule is O=C(CSc1ccc(Cl)cc1)Nc1cnccc1C(=O)O. The fourth-order valence-corrected chi connectivity index (χ4v) is 2.37. The van der Waals surface area contributed by atoms with Crippen LogP contribution < -0.4 is 5.32 Å². The Labute approximate surface area is 130 Å². The van der Waals surface area contributed by atoms with Crippen LogP contribution in [-0.4, -0.2) is 27.7 Å². The second kappa shape index (κ2) is 7.10. The molecule has 0 saturated carbocycles. The maximum Gasteiger partial charge on any atom is 0.337 e. The Balaban J connectivity index is 1.96. The van der Waals surface area contributed by atoms with Gasteiger partial charge in [-0.2, -0.15) is 0 Å². The normalized spacial score (nSPS) is 10.1. The van der Waals surface area contributed by atoms with Gasteiger partial charge in [0.15, 0.2) is 0 Å². The van der Waals surface area contributed by atoms with Crippen molar-refractivity contribution in [2.45, 2.75) is 4.90 Å². The number of halogens is 1. The van der Waals surface area contributed by atoms with Crippen molar-refractivity contribution in [3.63, 3.8) is 0 Å². The van der Waals surface area contributed by atoms with Crippen LogP contribution in [0.4, 0.5) is 5.69 Å². The molecule has 0 fully saturated rings. The molecule has 0 aliphatic carbocycles. The summed E-state index contributed by atoms with van der Waals surface area (Å²) >= 11 is 7.11. The molecule has 0 radical (unpaired) electrons. The summed E-state index contributed by atoms with van der Waals surface area (Å²) in [6, 6.07) is 8.45. The third-order valence-electron chi connectivity index (χ3n) is 2.51. The lowest BCUT2D eigenvalue weighted by Gasteiger charge is -2.07. The van der Waals surface area contributed by atoms with Gasteiger partial charge < -0.3 is 10.4 Å². The van der Waals surface area contributed by atoms with Gasteiger partial charge in [-0.1, -0.05) is 11.6 Å². The zero-order chi connectivity index (χ0) is 15.2. The number of pyridine rings is 1. The second-order valence-electron chi connectivity index (χ2n) is 4.02. The molecule has 2 N–H and O–H groups in total. The number of aromatic carboxylic acids is 1. The maximum atomic E-state index is 11.8. The van der Waals surface area contributed by atoms with Crippen LogP contribution in [-0.2, 0) is 4.79 Å². The molecule has 0 bridgehead atoms. The molecule has 0 saturated heterocycles. The van der Waals surface area contributed by atoms with Crippen LogP contribution in [0, 0.1) is 0 Å². The highest BCUT2D eigenvalue weighted by Crippen LogP contribution is 2.21. The number of hydrogen-bond donors (Lipinski definition) is 2. The molecule has 5 nitrogen and oxygen atoms in total. The molecule has 1 aromatic heterocycles. The summed E-state index contributed by atoms with van der Waals surface area (Å²) in [6.07, 6.45) is 2.68. The first-order valence-corrected chi connectivity index (χ1v) is 7.28. The quantitative estimate of drug-likeness (QED) is 0.827. The molecule has 0 aliphatic rings. The zero-order valence-corrected chi connectivity index (χ0v) is 12.3. The number of carboxylic acid groups (broad SMARTS) is 1. The van der Waals surface area contributed by atoms with E-state index >= 15 is 0 Å². The first-order chi connectivity index (χ1) is 10.1. The minimum Gasteiger partial charge on any atom is -0.478 e. The van der Waals surface area contributed by atoms with Gasteiger partial charge in [-0.15, -0.1) is 11.8 Å². The zero-order valence-electron chi connectivity index (χ0n) is 10.7. The molecular weight excluding hydrogens is 312 g/mol. The number of carboxylic acids is 1. The Kier molecular flexibility index (Phi) is 5.19. The molecule has 0 unspecified atom stereocenters. The Morgan fingerprint density at radius 1 is 1.24 bits per heavy atom. The molecule has 2 aromatic rings. The summed E-state index contributed by atoms with van der Waals surface area (Å²) in [4.78, 5) is 27.6. The summed E-state index contributed by atoms with van der Waals surface area (Å²) in [7, 11) is 0. The van der Waals surface area contributed by atoms with E-state index in [-0.39, 0.29) is 22.9 Å². The Morgan fingerprint density at radius 3 is 2.62 bits per heavy atom. The van der Waals surface area contributed by atoms with Gasteiger partial charge in [0.25, 0.3) is 0 Å². The lowest BCUT2D eigenvalue weighted by molar-refractivity contribution is -0.113. The number of amides is 1. The fourth-order valence-electron chi connectivity index (χ4n) is 1.55. The number of carbonyl (C=O) groups excluding carboxylic acids is 1. The number of carbonyl (C=O) groups is 2. The van der Waals surface area contributed by atoms with Crippen LogP contribution >= 0.6 is 23.4 Å². The third kappa shape index (κ3) is 4.47. The summed E-state index contributed by atoms with van der Waals surface area (Å²) in [5.74, 6) is -1.25. The van der Waals surface area contributed by atoms with Gasteiger partial charge in [0.1, 0.15) is 0 Å². The predicted octanol–water partition coefficient (Wildman–Crippen LogP) is 3.16. The molecule has 21 heavy (non-hydrogen) atoms. The molecule has 0 aliphatic heterocycles. The number of nitrogens with one attached hydrogen (secondary N) is 1. The van der Waals surface area contributed by atoms with E-state index in [0.717, 1.165) is 4.90 Å². The van der Waals surface area contributed by atoms with E-state index in [4.69, 9.17) is 16.7 Å². The van der Waals surface area contributed by atoms with Crippen molar-refractivity contribution in [1.29, 1.82) is 0 Å². The Hall–Kier alpha value is -2.05. The lowest BCUT2D eigenvalue weighted by atomic mass is 10.2. The molecule has 2 rings (SSSR count). The smallest absolute Gasteiger partial charge is 0.337 e. The highest BCUT2D eigenvalue weighted by molar-refractivity contribution is 8.00. The van der Waals surface area contributed by atoms with E-state index in [1.807, 2.05) is 12.1 Å². The number of thioether (sulfide) groups is 1.